The van der Waals surface area contributed by atoms with Gasteiger partial charge in [0.25, 0.3) is 5.91 Å². The number of anilines is 1. The van der Waals surface area contributed by atoms with Crippen LogP contribution in [0.3, 0.4) is 0 Å². The lowest BCUT2D eigenvalue weighted by Gasteiger charge is -2.23. The lowest BCUT2D eigenvalue weighted by Crippen LogP contribution is -2.39. The highest BCUT2D eigenvalue weighted by atomic mass is 32.1. The van der Waals surface area contributed by atoms with Gasteiger partial charge in [0.15, 0.2) is 5.13 Å². The third-order valence-electron chi connectivity index (χ3n) is 3.90. The Bertz CT molecular complexity index is 834. The van der Waals surface area contributed by atoms with Gasteiger partial charge in [0.2, 0.25) is 5.91 Å². The molecule has 0 aliphatic carbocycles. The van der Waals surface area contributed by atoms with Crippen LogP contribution in [0.1, 0.15) is 41.1 Å². The van der Waals surface area contributed by atoms with Gasteiger partial charge in [0.05, 0.1) is 5.56 Å². The van der Waals surface area contributed by atoms with Gasteiger partial charge < -0.3 is 10.2 Å². The first-order chi connectivity index (χ1) is 13.1. The SMILES string of the molecule is Cc1cnc(NC(=O)CN(CCC(C)C)C(=O)c2cccc(C(F)(F)F)c2)s1. The molecule has 0 fully saturated rings. The molecule has 0 saturated carbocycles. The Kier molecular flexibility index (Phi) is 7.17. The topological polar surface area (TPSA) is 62.3 Å². The number of halogens is 3. The van der Waals surface area contributed by atoms with Crippen molar-refractivity contribution in [3.8, 4) is 0 Å². The molecule has 2 aromatic rings. The minimum Gasteiger partial charge on any atom is -0.329 e. The summed E-state index contributed by atoms with van der Waals surface area (Å²) in [5.74, 6) is -0.794. The molecule has 152 valence electrons. The molecule has 1 aromatic carbocycles. The minimum absolute atomic E-state index is 0.100. The van der Waals surface area contributed by atoms with Gasteiger partial charge in [-0.05, 0) is 37.5 Å². The molecule has 0 atom stereocenters. The number of thiazole rings is 1. The second-order valence-electron chi connectivity index (χ2n) is 6.81. The van der Waals surface area contributed by atoms with Crippen LogP contribution in [0.25, 0.3) is 0 Å². The zero-order valence-electron chi connectivity index (χ0n) is 15.8. The predicted octanol–water partition coefficient (Wildman–Crippen LogP) is 4.60. The number of alkyl halides is 3. The van der Waals surface area contributed by atoms with Crippen molar-refractivity contribution in [2.24, 2.45) is 5.92 Å². The van der Waals surface area contributed by atoms with Crippen molar-refractivity contribution in [3.63, 3.8) is 0 Å². The molecule has 5 nitrogen and oxygen atoms in total. The van der Waals surface area contributed by atoms with E-state index < -0.39 is 23.6 Å². The maximum atomic E-state index is 12.9. The highest BCUT2D eigenvalue weighted by Crippen LogP contribution is 2.29. The quantitative estimate of drug-likeness (QED) is 0.722. The number of nitrogens with zero attached hydrogens (tertiary/aromatic N) is 2. The van der Waals surface area contributed by atoms with E-state index in [1.807, 2.05) is 20.8 Å². The summed E-state index contributed by atoms with van der Waals surface area (Å²) in [5.41, 5.74) is -0.999. The molecule has 2 rings (SSSR count). The summed E-state index contributed by atoms with van der Waals surface area (Å²) in [7, 11) is 0. The van der Waals surface area contributed by atoms with Gasteiger partial charge in [-0.3, -0.25) is 9.59 Å². The van der Waals surface area contributed by atoms with Crippen molar-refractivity contribution in [3.05, 3.63) is 46.5 Å². The Morgan fingerprint density at radius 3 is 2.57 bits per heavy atom. The fourth-order valence-electron chi connectivity index (χ4n) is 2.42. The number of amides is 2. The largest absolute Gasteiger partial charge is 0.416 e. The Morgan fingerprint density at radius 2 is 2.00 bits per heavy atom. The van der Waals surface area contributed by atoms with Crippen molar-refractivity contribution in [1.82, 2.24) is 9.88 Å². The van der Waals surface area contributed by atoms with Crippen LogP contribution in [-0.2, 0) is 11.0 Å². The highest BCUT2D eigenvalue weighted by molar-refractivity contribution is 7.15. The molecular weight excluding hydrogens is 391 g/mol. The molecule has 9 heteroatoms. The second kappa shape index (κ2) is 9.18. The molecule has 28 heavy (non-hydrogen) atoms. The maximum absolute atomic E-state index is 12.9. The molecule has 1 N–H and O–H groups in total. The van der Waals surface area contributed by atoms with E-state index in [1.54, 1.807) is 6.20 Å². The molecule has 0 spiro atoms. The monoisotopic (exact) mass is 413 g/mol. The molecule has 1 aromatic heterocycles. The number of benzene rings is 1. The molecule has 1 heterocycles. The number of hydrogen-bond donors (Lipinski definition) is 1. The van der Waals surface area contributed by atoms with Gasteiger partial charge in [0, 0.05) is 23.2 Å². The smallest absolute Gasteiger partial charge is 0.329 e. The van der Waals surface area contributed by atoms with Gasteiger partial charge in [0.1, 0.15) is 6.54 Å². The number of aromatic nitrogens is 1. The molecule has 0 unspecified atom stereocenters. The standard InChI is InChI=1S/C19H22F3N3O2S/c1-12(2)7-8-25(11-16(26)24-18-23-10-13(3)28-18)17(27)14-5-4-6-15(9-14)19(20,21)22/h4-6,9-10,12H,7-8,11H2,1-3H3,(H,23,24,26). The molecule has 0 aliphatic rings. The van der Waals surface area contributed by atoms with E-state index in [0.717, 1.165) is 17.0 Å². The first-order valence-corrected chi connectivity index (χ1v) is 9.56. The summed E-state index contributed by atoms with van der Waals surface area (Å²) < 4.78 is 38.8. The van der Waals surface area contributed by atoms with Crippen LogP contribution in [0.4, 0.5) is 18.3 Å². The lowest BCUT2D eigenvalue weighted by molar-refractivity contribution is -0.137. The van der Waals surface area contributed by atoms with Crippen LogP contribution in [0.15, 0.2) is 30.5 Å². The molecule has 2 amide bonds. The number of hydrogen-bond acceptors (Lipinski definition) is 4. The average Bonchev–Trinajstić information content (AvgIpc) is 3.01. The summed E-state index contributed by atoms with van der Waals surface area (Å²) in [6.07, 6.45) is -2.31. The lowest BCUT2D eigenvalue weighted by atomic mass is 10.1. The molecular formula is C19H22F3N3O2S. The summed E-state index contributed by atoms with van der Waals surface area (Å²) in [6, 6.07) is 4.23. The third-order valence-corrected chi connectivity index (χ3v) is 4.73. The van der Waals surface area contributed by atoms with Crippen LogP contribution in [0.2, 0.25) is 0 Å². The highest BCUT2D eigenvalue weighted by Gasteiger charge is 2.31. The summed E-state index contributed by atoms with van der Waals surface area (Å²) in [6.45, 7) is 5.77. The van der Waals surface area contributed by atoms with Crippen LogP contribution in [0, 0.1) is 12.8 Å². The zero-order chi connectivity index (χ0) is 20.9. The number of carbonyl (C=O) groups excluding carboxylic acids is 2. The van der Waals surface area contributed by atoms with Gasteiger partial charge in [-0.25, -0.2) is 4.98 Å². The van der Waals surface area contributed by atoms with Crippen LogP contribution >= 0.6 is 11.3 Å². The van der Waals surface area contributed by atoms with Gasteiger partial charge in [-0.15, -0.1) is 11.3 Å². The number of carbonyl (C=O) groups is 2. The van der Waals surface area contributed by atoms with E-state index >= 15 is 0 Å². The van der Waals surface area contributed by atoms with E-state index in [1.165, 1.54) is 28.4 Å². The van der Waals surface area contributed by atoms with E-state index in [-0.39, 0.29) is 24.6 Å². The van der Waals surface area contributed by atoms with E-state index in [0.29, 0.717) is 11.6 Å². The normalized spacial score (nSPS) is 11.5. The van der Waals surface area contributed by atoms with Gasteiger partial charge >= 0.3 is 6.18 Å². The summed E-state index contributed by atoms with van der Waals surface area (Å²) in [4.78, 5) is 31.3. The van der Waals surface area contributed by atoms with Crippen molar-refractivity contribution < 1.29 is 22.8 Å². The molecule has 0 bridgehead atoms. The average molecular weight is 413 g/mol. The van der Waals surface area contributed by atoms with Gasteiger partial charge in [-0.1, -0.05) is 19.9 Å². The number of aryl methyl sites for hydroxylation is 1. The summed E-state index contributed by atoms with van der Waals surface area (Å²) >= 11 is 1.30. The maximum Gasteiger partial charge on any atom is 0.416 e. The third kappa shape index (κ3) is 6.33. The van der Waals surface area contributed by atoms with Crippen molar-refractivity contribution in [2.75, 3.05) is 18.4 Å². The number of nitrogens with one attached hydrogen (secondary N) is 1. The van der Waals surface area contributed by atoms with Crippen LogP contribution in [0.5, 0.6) is 0 Å². The molecule has 0 aliphatic heterocycles. The van der Waals surface area contributed by atoms with Crippen LogP contribution < -0.4 is 5.32 Å². The van der Waals surface area contributed by atoms with Gasteiger partial charge in [-0.2, -0.15) is 13.2 Å². The Morgan fingerprint density at radius 1 is 1.29 bits per heavy atom. The summed E-state index contributed by atoms with van der Waals surface area (Å²) in [5, 5.41) is 3.03. The number of rotatable bonds is 7. The fourth-order valence-corrected chi connectivity index (χ4v) is 3.10. The van der Waals surface area contributed by atoms with Crippen molar-refractivity contribution in [2.45, 2.75) is 33.4 Å². The van der Waals surface area contributed by atoms with Crippen molar-refractivity contribution in [1.29, 1.82) is 0 Å². The van der Waals surface area contributed by atoms with E-state index in [9.17, 15) is 22.8 Å². The Labute approximate surface area is 165 Å². The Balaban J connectivity index is 2.17. The minimum atomic E-state index is -4.54. The van der Waals surface area contributed by atoms with Crippen LogP contribution in [-0.4, -0.2) is 34.8 Å². The second-order valence-corrected chi connectivity index (χ2v) is 8.05. The fraction of sp³-hybridized carbons (Fsp3) is 0.421. The predicted molar refractivity (Wildman–Crippen MR) is 102 cm³/mol. The zero-order valence-corrected chi connectivity index (χ0v) is 16.7. The van der Waals surface area contributed by atoms with E-state index in [4.69, 9.17) is 0 Å². The first kappa shape index (κ1) is 21.9. The van der Waals surface area contributed by atoms with E-state index in [2.05, 4.69) is 10.3 Å². The molecule has 0 saturated heterocycles. The Hall–Kier alpha value is -2.42. The molecule has 0 radical (unpaired) electrons. The van der Waals surface area contributed by atoms with Crippen molar-refractivity contribution >= 4 is 28.3 Å². The first-order valence-electron chi connectivity index (χ1n) is 8.75.